The molecule has 8 nitrogen and oxygen atoms in total. The standard InChI is InChI=1S/C25H20N2O6/c1-2-30-25(29)18-6-4-17(5-7-18)21-10-8-20(33-21)12-19(13-26)24(28)27-14-16-3-9-22-23(11-16)32-15-31-22/h3-12H,2,14-15H2,1H3,(H,27,28)/b19-12+. The third-order valence-corrected chi connectivity index (χ3v) is 4.85. The van der Waals surface area contributed by atoms with Crippen molar-refractivity contribution in [3.63, 3.8) is 0 Å². The Morgan fingerprint density at radius 1 is 1.09 bits per heavy atom. The molecule has 0 aliphatic carbocycles. The van der Waals surface area contributed by atoms with Gasteiger partial charge in [0.15, 0.2) is 11.5 Å². The maximum Gasteiger partial charge on any atom is 0.338 e. The molecule has 0 atom stereocenters. The molecule has 0 saturated carbocycles. The van der Waals surface area contributed by atoms with Gasteiger partial charge in [-0.2, -0.15) is 5.26 Å². The zero-order valence-electron chi connectivity index (χ0n) is 17.8. The average Bonchev–Trinajstić information content (AvgIpc) is 3.50. The second-order valence-electron chi connectivity index (χ2n) is 7.04. The Balaban J connectivity index is 1.41. The van der Waals surface area contributed by atoms with Crippen LogP contribution in [0.15, 0.2) is 64.6 Å². The van der Waals surface area contributed by atoms with Crippen LogP contribution >= 0.6 is 0 Å². The lowest BCUT2D eigenvalue weighted by atomic mass is 10.1. The van der Waals surface area contributed by atoms with E-state index in [1.165, 1.54) is 6.08 Å². The third kappa shape index (κ3) is 5.05. The SMILES string of the molecule is CCOC(=O)c1ccc(-c2ccc(/C=C(\C#N)C(=O)NCc3ccc4c(c3)OCO4)o2)cc1. The lowest BCUT2D eigenvalue weighted by Crippen LogP contribution is -2.23. The summed E-state index contributed by atoms with van der Waals surface area (Å²) in [6, 6.07) is 17.4. The molecule has 4 rings (SSSR count). The summed E-state index contributed by atoms with van der Waals surface area (Å²) in [6.45, 7) is 2.45. The quantitative estimate of drug-likeness (QED) is 0.332. The highest BCUT2D eigenvalue weighted by molar-refractivity contribution is 6.01. The van der Waals surface area contributed by atoms with E-state index in [1.807, 2.05) is 12.1 Å². The minimum Gasteiger partial charge on any atom is -0.462 e. The Bertz CT molecular complexity index is 1250. The molecule has 0 fully saturated rings. The van der Waals surface area contributed by atoms with Crippen LogP contribution in [0.2, 0.25) is 0 Å². The molecule has 33 heavy (non-hydrogen) atoms. The highest BCUT2D eigenvalue weighted by atomic mass is 16.7. The minimum absolute atomic E-state index is 0.0886. The lowest BCUT2D eigenvalue weighted by molar-refractivity contribution is -0.117. The molecule has 0 saturated heterocycles. The van der Waals surface area contributed by atoms with Crippen LogP contribution in [-0.2, 0) is 16.1 Å². The van der Waals surface area contributed by atoms with Gasteiger partial charge in [0, 0.05) is 18.2 Å². The number of nitriles is 1. The van der Waals surface area contributed by atoms with Gasteiger partial charge in [0.2, 0.25) is 6.79 Å². The second kappa shape index (κ2) is 9.75. The molecule has 1 aliphatic heterocycles. The van der Waals surface area contributed by atoms with Gasteiger partial charge >= 0.3 is 5.97 Å². The van der Waals surface area contributed by atoms with Gasteiger partial charge in [0.1, 0.15) is 23.2 Å². The van der Waals surface area contributed by atoms with Crippen molar-refractivity contribution in [2.24, 2.45) is 0 Å². The van der Waals surface area contributed by atoms with Crippen LogP contribution in [0.3, 0.4) is 0 Å². The molecule has 0 bridgehead atoms. The molecular formula is C25H20N2O6. The van der Waals surface area contributed by atoms with Crippen LogP contribution < -0.4 is 14.8 Å². The maximum atomic E-state index is 12.5. The molecule has 2 aromatic carbocycles. The second-order valence-corrected chi connectivity index (χ2v) is 7.04. The maximum absolute atomic E-state index is 12.5. The molecule has 2 heterocycles. The summed E-state index contributed by atoms with van der Waals surface area (Å²) in [5, 5.41) is 12.1. The van der Waals surface area contributed by atoms with Crippen molar-refractivity contribution < 1.29 is 28.2 Å². The number of carbonyl (C=O) groups excluding carboxylic acids is 2. The third-order valence-electron chi connectivity index (χ3n) is 4.85. The number of fused-ring (bicyclic) bond motifs is 1. The van der Waals surface area contributed by atoms with Crippen molar-refractivity contribution >= 4 is 18.0 Å². The first-order valence-corrected chi connectivity index (χ1v) is 10.2. The van der Waals surface area contributed by atoms with Gasteiger partial charge in [-0.1, -0.05) is 18.2 Å². The molecule has 8 heteroatoms. The zero-order valence-corrected chi connectivity index (χ0v) is 17.8. The summed E-state index contributed by atoms with van der Waals surface area (Å²) in [6.07, 6.45) is 1.38. The van der Waals surface area contributed by atoms with Gasteiger partial charge in [-0.25, -0.2) is 4.79 Å². The van der Waals surface area contributed by atoms with Gasteiger partial charge in [-0.15, -0.1) is 0 Å². The van der Waals surface area contributed by atoms with Crippen molar-refractivity contribution in [3.05, 3.63) is 77.1 Å². The number of hydrogen-bond donors (Lipinski definition) is 1. The Kier molecular flexibility index (Phi) is 6.41. The summed E-state index contributed by atoms with van der Waals surface area (Å²) >= 11 is 0. The van der Waals surface area contributed by atoms with Gasteiger partial charge < -0.3 is 23.9 Å². The number of ether oxygens (including phenoxy) is 3. The lowest BCUT2D eigenvalue weighted by Gasteiger charge is -2.05. The first-order valence-electron chi connectivity index (χ1n) is 10.2. The molecule has 166 valence electrons. The number of benzene rings is 2. The fourth-order valence-electron chi connectivity index (χ4n) is 3.19. The summed E-state index contributed by atoms with van der Waals surface area (Å²) < 4.78 is 21.3. The van der Waals surface area contributed by atoms with Crippen molar-refractivity contribution in [2.45, 2.75) is 13.5 Å². The molecule has 1 amide bonds. The molecule has 3 aromatic rings. The van der Waals surface area contributed by atoms with E-state index < -0.39 is 11.9 Å². The molecule has 1 aromatic heterocycles. The van der Waals surface area contributed by atoms with Crippen LogP contribution in [0.5, 0.6) is 11.5 Å². The van der Waals surface area contributed by atoms with E-state index in [0.29, 0.717) is 35.2 Å². The highest BCUT2D eigenvalue weighted by Crippen LogP contribution is 2.32. The number of esters is 1. The summed E-state index contributed by atoms with van der Waals surface area (Å²) in [5.74, 6) is 1.26. The monoisotopic (exact) mass is 444 g/mol. The number of hydrogen-bond acceptors (Lipinski definition) is 7. The largest absolute Gasteiger partial charge is 0.462 e. The predicted octanol–water partition coefficient (Wildman–Crippen LogP) is 4.08. The smallest absolute Gasteiger partial charge is 0.338 e. The molecule has 0 radical (unpaired) electrons. The summed E-state index contributed by atoms with van der Waals surface area (Å²) in [5.41, 5.74) is 1.91. The van der Waals surface area contributed by atoms with E-state index >= 15 is 0 Å². The number of amides is 1. The van der Waals surface area contributed by atoms with Crippen LogP contribution in [0.1, 0.15) is 28.6 Å². The Morgan fingerprint density at radius 2 is 1.88 bits per heavy atom. The van der Waals surface area contributed by atoms with Crippen LogP contribution in [0, 0.1) is 11.3 Å². The van der Waals surface area contributed by atoms with Gasteiger partial charge in [0.05, 0.1) is 12.2 Å². The zero-order chi connectivity index (χ0) is 23.2. The fourth-order valence-corrected chi connectivity index (χ4v) is 3.19. The van der Waals surface area contributed by atoms with Crippen molar-refractivity contribution in [1.29, 1.82) is 5.26 Å². The van der Waals surface area contributed by atoms with Crippen molar-refractivity contribution in [2.75, 3.05) is 13.4 Å². The van der Waals surface area contributed by atoms with Crippen LogP contribution in [-0.4, -0.2) is 25.3 Å². The summed E-state index contributed by atoms with van der Waals surface area (Å²) in [7, 11) is 0. The normalized spacial score (nSPS) is 12.2. The average molecular weight is 444 g/mol. The van der Waals surface area contributed by atoms with E-state index in [2.05, 4.69) is 5.32 Å². The van der Waals surface area contributed by atoms with Gasteiger partial charge in [-0.05, 0) is 48.9 Å². The fraction of sp³-hybridized carbons (Fsp3) is 0.160. The number of nitrogens with one attached hydrogen (secondary N) is 1. The van der Waals surface area contributed by atoms with E-state index in [9.17, 15) is 14.9 Å². The Morgan fingerprint density at radius 3 is 2.64 bits per heavy atom. The number of rotatable bonds is 7. The van der Waals surface area contributed by atoms with E-state index in [4.69, 9.17) is 18.6 Å². The molecular weight excluding hydrogens is 424 g/mol. The Hall–Kier alpha value is -4.51. The number of carbonyl (C=O) groups is 2. The van der Waals surface area contributed by atoms with E-state index in [-0.39, 0.29) is 18.9 Å². The van der Waals surface area contributed by atoms with E-state index in [1.54, 1.807) is 55.5 Å². The molecule has 1 N–H and O–H groups in total. The number of nitrogens with zero attached hydrogens (tertiary/aromatic N) is 1. The van der Waals surface area contributed by atoms with Crippen LogP contribution in [0.25, 0.3) is 17.4 Å². The summed E-state index contributed by atoms with van der Waals surface area (Å²) in [4.78, 5) is 24.2. The van der Waals surface area contributed by atoms with Crippen molar-refractivity contribution in [1.82, 2.24) is 5.32 Å². The molecule has 0 spiro atoms. The molecule has 0 unspecified atom stereocenters. The highest BCUT2D eigenvalue weighted by Gasteiger charge is 2.15. The topological polar surface area (TPSA) is 111 Å². The van der Waals surface area contributed by atoms with Crippen LogP contribution in [0.4, 0.5) is 0 Å². The first-order chi connectivity index (χ1) is 16.1. The van der Waals surface area contributed by atoms with Gasteiger partial charge in [0.25, 0.3) is 5.91 Å². The van der Waals surface area contributed by atoms with Crippen molar-refractivity contribution in [3.8, 4) is 28.9 Å². The first kappa shape index (κ1) is 21.7. The Labute approximate surface area is 190 Å². The van der Waals surface area contributed by atoms with E-state index in [0.717, 1.165) is 11.1 Å². The number of furan rings is 1. The van der Waals surface area contributed by atoms with Gasteiger partial charge in [-0.3, -0.25) is 4.79 Å². The minimum atomic E-state index is -0.521. The molecule has 1 aliphatic rings. The predicted molar refractivity (Wildman–Crippen MR) is 118 cm³/mol.